The summed E-state index contributed by atoms with van der Waals surface area (Å²) >= 11 is 0. The van der Waals surface area contributed by atoms with Crippen LogP contribution in [-0.2, 0) is 28.5 Å². The molecule has 0 amide bonds. The molecule has 3 fully saturated rings. The predicted octanol–water partition coefficient (Wildman–Crippen LogP) is -1.92. The van der Waals surface area contributed by atoms with Crippen LogP contribution in [0, 0.1) is 0 Å². The summed E-state index contributed by atoms with van der Waals surface area (Å²) in [6.45, 7) is -0.296. The third-order valence-corrected chi connectivity index (χ3v) is 11.7. The molecule has 382 valence electrons. The van der Waals surface area contributed by atoms with E-state index in [1.807, 2.05) is 0 Å². The quantitative estimate of drug-likeness (QED) is 0.0456. The van der Waals surface area contributed by atoms with Crippen molar-refractivity contribution < 1.29 is 118 Å². The molecule has 0 aliphatic carbocycles. The fourth-order valence-electron chi connectivity index (χ4n) is 7.81. The minimum absolute atomic E-state index is 0.0306. The number of phenols is 3. The van der Waals surface area contributed by atoms with Crippen LogP contribution < -0.4 is 29.1 Å². The second kappa shape index (κ2) is 21.5. The monoisotopic (exact) mass is 992 g/mol. The van der Waals surface area contributed by atoms with Crippen molar-refractivity contribution in [2.45, 2.75) is 99.0 Å². The smallest absolute Gasteiger partial charge is 0.330 e. The minimum atomic E-state index is -2.11. The molecule has 0 bridgehead atoms. The van der Waals surface area contributed by atoms with Crippen LogP contribution in [0.5, 0.6) is 46.0 Å². The standard InChI is InChI=1S/C45H52O25/c1-16-30(50)35(55)38(58)43(64-16)65-19-12-21(48)29-23(13-19)66-40(18-6-7-20(47)22(11-18)60-2)41(34(29)54)69-45-42(37(57)32(52)26(14-46)67-45)70-44-39(59)36(56)33(53)27(68-44)15-63-28(49)8-5-17-9-24(61-3)31(51)25(10-17)62-4/h5-13,16,26-27,30,32-33,35-39,42-48,50-53,55-59H,14-15H2,1-4H3/t16-,26+,27+,30-,32+,33+,35+,36-,37-,38+,39+,42+,43-,44-,45-/m0/s1. The molecule has 7 rings (SSSR count). The first-order chi connectivity index (χ1) is 33.3. The first-order valence-electron chi connectivity index (χ1n) is 21.3. The van der Waals surface area contributed by atoms with Gasteiger partial charge in [0.15, 0.2) is 41.2 Å². The van der Waals surface area contributed by atoms with E-state index in [0.29, 0.717) is 5.56 Å². The normalized spacial score (nSPS) is 31.3. The van der Waals surface area contributed by atoms with Crippen molar-refractivity contribution in [2.75, 3.05) is 34.5 Å². The van der Waals surface area contributed by atoms with Crippen LogP contribution in [0.1, 0.15) is 12.5 Å². The third kappa shape index (κ3) is 10.4. The Labute approximate surface area is 395 Å². The van der Waals surface area contributed by atoms with Crippen molar-refractivity contribution in [1.29, 1.82) is 0 Å². The Balaban J connectivity index is 1.19. The number of methoxy groups -OCH3 is 3. The Morgan fingerprint density at radius 2 is 1.30 bits per heavy atom. The number of ether oxygens (including phenoxy) is 10. The lowest BCUT2D eigenvalue weighted by Gasteiger charge is -2.45. The Kier molecular flexibility index (Phi) is 15.9. The van der Waals surface area contributed by atoms with Gasteiger partial charge in [0.2, 0.25) is 29.5 Å². The number of hydrogen-bond acceptors (Lipinski definition) is 25. The van der Waals surface area contributed by atoms with E-state index < -0.39 is 139 Å². The van der Waals surface area contributed by atoms with Crippen LogP contribution in [0.2, 0.25) is 0 Å². The van der Waals surface area contributed by atoms with E-state index >= 15 is 0 Å². The van der Waals surface area contributed by atoms with Gasteiger partial charge >= 0.3 is 5.97 Å². The van der Waals surface area contributed by atoms with E-state index in [-0.39, 0.29) is 45.6 Å². The van der Waals surface area contributed by atoms with E-state index in [9.17, 15) is 70.9 Å². The van der Waals surface area contributed by atoms with Gasteiger partial charge in [-0.1, -0.05) is 0 Å². The number of aliphatic hydroxyl groups excluding tert-OH is 9. The Hall–Kier alpha value is -6.04. The van der Waals surface area contributed by atoms with Crippen LogP contribution in [0.3, 0.4) is 0 Å². The lowest BCUT2D eigenvalue weighted by molar-refractivity contribution is -0.358. The zero-order valence-electron chi connectivity index (χ0n) is 37.4. The molecule has 0 spiro atoms. The van der Waals surface area contributed by atoms with Crippen LogP contribution in [0.25, 0.3) is 28.4 Å². The van der Waals surface area contributed by atoms with Crippen molar-refractivity contribution in [3.05, 3.63) is 64.3 Å². The maximum atomic E-state index is 14.6. The molecule has 0 unspecified atom stereocenters. The van der Waals surface area contributed by atoms with Gasteiger partial charge in [0.25, 0.3) is 0 Å². The molecule has 4 aromatic rings. The second-order valence-electron chi connectivity index (χ2n) is 16.3. The van der Waals surface area contributed by atoms with Crippen molar-refractivity contribution in [3.8, 4) is 57.3 Å². The number of hydrogen-bond donors (Lipinski definition) is 12. The molecule has 3 aliphatic rings. The molecule has 4 heterocycles. The molecular formula is C45H52O25. The Morgan fingerprint density at radius 3 is 1.96 bits per heavy atom. The van der Waals surface area contributed by atoms with Gasteiger partial charge in [-0.15, -0.1) is 0 Å². The van der Waals surface area contributed by atoms with Gasteiger partial charge < -0.3 is 113 Å². The van der Waals surface area contributed by atoms with Gasteiger partial charge in [-0.05, 0) is 48.9 Å². The highest BCUT2D eigenvalue weighted by Crippen LogP contribution is 2.42. The molecule has 70 heavy (non-hydrogen) atoms. The zero-order chi connectivity index (χ0) is 50.9. The largest absolute Gasteiger partial charge is 0.507 e. The van der Waals surface area contributed by atoms with E-state index in [4.69, 9.17) is 51.8 Å². The summed E-state index contributed by atoms with van der Waals surface area (Å²) in [5.41, 5.74) is -1.21. The topological polar surface area (TPSA) is 382 Å². The van der Waals surface area contributed by atoms with Gasteiger partial charge in [0, 0.05) is 23.8 Å². The number of carbonyl (C=O) groups excluding carboxylic acids is 1. The maximum absolute atomic E-state index is 14.6. The Bertz CT molecular complexity index is 2560. The van der Waals surface area contributed by atoms with Crippen LogP contribution in [0.15, 0.2) is 57.8 Å². The van der Waals surface area contributed by atoms with Crippen molar-refractivity contribution >= 4 is 23.0 Å². The average Bonchev–Trinajstić information content (AvgIpc) is 3.34. The van der Waals surface area contributed by atoms with Gasteiger partial charge in [-0.2, -0.15) is 0 Å². The molecule has 0 saturated carbocycles. The molecule has 3 aliphatic heterocycles. The van der Waals surface area contributed by atoms with Crippen LogP contribution >= 0.6 is 0 Å². The van der Waals surface area contributed by atoms with E-state index in [2.05, 4.69) is 0 Å². The fourth-order valence-corrected chi connectivity index (χ4v) is 7.81. The highest BCUT2D eigenvalue weighted by Gasteiger charge is 2.52. The summed E-state index contributed by atoms with van der Waals surface area (Å²) < 4.78 is 61.5. The molecule has 1 aromatic heterocycles. The molecular weight excluding hydrogens is 940 g/mol. The minimum Gasteiger partial charge on any atom is -0.507 e. The van der Waals surface area contributed by atoms with Crippen molar-refractivity contribution in [1.82, 2.24) is 0 Å². The first-order valence-corrected chi connectivity index (χ1v) is 21.3. The molecule has 25 heteroatoms. The van der Waals surface area contributed by atoms with Gasteiger partial charge in [-0.25, -0.2) is 4.79 Å². The number of fused-ring (bicyclic) bond motifs is 1. The summed E-state index contributed by atoms with van der Waals surface area (Å²) in [4.78, 5) is 27.3. The first kappa shape index (κ1) is 51.8. The van der Waals surface area contributed by atoms with E-state index in [1.165, 1.54) is 64.7 Å². The number of benzene rings is 3. The molecule has 3 aromatic carbocycles. The highest BCUT2D eigenvalue weighted by atomic mass is 16.8. The summed E-state index contributed by atoms with van der Waals surface area (Å²) in [5.74, 6) is -3.97. The lowest BCUT2D eigenvalue weighted by atomic mass is 9.97. The van der Waals surface area contributed by atoms with Crippen LogP contribution in [0.4, 0.5) is 0 Å². The van der Waals surface area contributed by atoms with E-state index in [0.717, 1.165) is 18.2 Å². The van der Waals surface area contributed by atoms with Crippen LogP contribution in [-0.4, -0.2) is 194 Å². The Morgan fingerprint density at radius 1 is 0.671 bits per heavy atom. The summed E-state index contributed by atoms with van der Waals surface area (Å²) in [6, 6.07) is 8.50. The van der Waals surface area contributed by atoms with Gasteiger partial charge in [0.1, 0.15) is 90.1 Å². The number of esters is 1. The van der Waals surface area contributed by atoms with Crippen molar-refractivity contribution in [3.63, 3.8) is 0 Å². The number of aliphatic hydroxyl groups is 9. The lowest BCUT2D eigenvalue weighted by Crippen LogP contribution is -2.65. The van der Waals surface area contributed by atoms with E-state index in [1.54, 1.807) is 0 Å². The van der Waals surface area contributed by atoms with Crippen molar-refractivity contribution in [2.24, 2.45) is 0 Å². The number of phenolic OH excluding ortho intramolecular Hbond substituents is 3. The van der Waals surface area contributed by atoms with Gasteiger partial charge in [0.05, 0.1) is 34.0 Å². The zero-order valence-corrected chi connectivity index (χ0v) is 37.4. The molecule has 15 atom stereocenters. The second-order valence-corrected chi connectivity index (χ2v) is 16.3. The molecule has 12 N–H and O–H groups in total. The molecule has 25 nitrogen and oxygen atoms in total. The average molecular weight is 993 g/mol. The molecule has 0 radical (unpaired) electrons. The summed E-state index contributed by atoms with van der Waals surface area (Å²) in [5, 5.41) is 128. The summed E-state index contributed by atoms with van der Waals surface area (Å²) in [7, 11) is 3.84. The summed E-state index contributed by atoms with van der Waals surface area (Å²) in [6.07, 6.45) is -24.8. The fraction of sp³-hybridized carbons (Fsp3) is 0.467. The number of carbonyl (C=O) groups is 1. The third-order valence-electron chi connectivity index (χ3n) is 11.7. The maximum Gasteiger partial charge on any atom is 0.330 e. The SMILES string of the molecule is COc1cc(-c2oc3cc(O[C@@H]4O[C@@H](C)[C@H](O)[C@@H](O)[C@H]4O)cc(O)c3c(=O)c2O[C@@H]2O[C@H](CO)[C@@H](O)[C@H](O)[C@H]2O[C@@H]2O[C@H](COC(=O)C=Cc3cc(OC)c(O)c(OC)c3)[C@@H](O)[C@H](O)[C@H]2O)ccc1O. The highest BCUT2D eigenvalue weighted by molar-refractivity contribution is 5.89. The number of aromatic hydroxyl groups is 3. The van der Waals surface area contributed by atoms with Gasteiger partial charge in [-0.3, -0.25) is 4.79 Å². The number of rotatable bonds is 15. The molecule has 3 saturated heterocycles. The predicted molar refractivity (Wildman–Crippen MR) is 232 cm³/mol.